The SMILES string of the molecule is CCCCN[C@@H](Cc1ccc(O)cc1)C(=O)OC. The van der Waals surface area contributed by atoms with Crippen molar-refractivity contribution in [3.05, 3.63) is 29.8 Å². The minimum atomic E-state index is -0.328. The number of carbonyl (C=O) groups excluding carboxylic acids is 1. The number of aromatic hydroxyl groups is 1. The van der Waals surface area contributed by atoms with Crippen LogP contribution in [-0.2, 0) is 16.0 Å². The molecule has 0 heterocycles. The molecule has 1 aromatic rings. The molecule has 0 spiro atoms. The van der Waals surface area contributed by atoms with Gasteiger partial charge in [0.15, 0.2) is 0 Å². The predicted octanol–water partition coefficient (Wildman–Crippen LogP) is 1.87. The number of carbonyl (C=O) groups is 1. The molecule has 1 rings (SSSR count). The molecule has 1 aromatic carbocycles. The Morgan fingerprint density at radius 2 is 2.06 bits per heavy atom. The maximum Gasteiger partial charge on any atom is 0.323 e. The average molecular weight is 251 g/mol. The van der Waals surface area contributed by atoms with E-state index < -0.39 is 0 Å². The van der Waals surface area contributed by atoms with Gasteiger partial charge in [0.2, 0.25) is 0 Å². The highest BCUT2D eigenvalue weighted by Gasteiger charge is 2.18. The van der Waals surface area contributed by atoms with Crippen molar-refractivity contribution in [3.8, 4) is 5.75 Å². The zero-order chi connectivity index (χ0) is 13.4. The fraction of sp³-hybridized carbons (Fsp3) is 0.500. The number of nitrogens with one attached hydrogen (secondary N) is 1. The Morgan fingerprint density at radius 1 is 1.39 bits per heavy atom. The molecule has 1 atom stereocenters. The van der Waals surface area contributed by atoms with Crippen molar-refractivity contribution >= 4 is 5.97 Å². The molecule has 0 radical (unpaired) electrons. The summed E-state index contributed by atoms with van der Waals surface area (Å²) in [7, 11) is 1.40. The Morgan fingerprint density at radius 3 is 2.61 bits per heavy atom. The summed E-state index contributed by atoms with van der Waals surface area (Å²) in [6.07, 6.45) is 2.68. The minimum Gasteiger partial charge on any atom is -0.508 e. The first-order chi connectivity index (χ1) is 8.67. The zero-order valence-electron chi connectivity index (χ0n) is 11.0. The van der Waals surface area contributed by atoms with Crippen molar-refractivity contribution in [2.75, 3.05) is 13.7 Å². The van der Waals surface area contributed by atoms with Crippen LogP contribution >= 0.6 is 0 Å². The standard InChI is InChI=1S/C14H21NO3/c1-3-4-9-15-13(14(17)18-2)10-11-5-7-12(16)8-6-11/h5-8,13,15-16H,3-4,9-10H2,1-2H3/t13-/m0/s1. The summed E-state index contributed by atoms with van der Waals surface area (Å²) in [4.78, 5) is 11.6. The Labute approximate surface area is 108 Å². The fourth-order valence-corrected chi connectivity index (χ4v) is 1.70. The summed E-state index contributed by atoms with van der Waals surface area (Å²) in [6.45, 7) is 2.91. The first kappa shape index (κ1) is 14.5. The highest BCUT2D eigenvalue weighted by atomic mass is 16.5. The van der Waals surface area contributed by atoms with E-state index in [2.05, 4.69) is 12.2 Å². The van der Waals surface area contributed by atoms with E-state index in [4.69, 9.17) is 4.74 Å². The lowest BCUT2D eigenvalue weighted by molar-refractivity contribution is -0.143. The molecule has 4 heteroatoms. The van der Waals surface area contributed by atoms with Crippen molar-refractivity contribution < 1.29 is 14.6 Å². The number of unbranched alkanes of at least 4 members (excludes halogenated alkanes) is 1. The Kier molecular flexibility index (Phi) is 6.22. The molecule has 0 saturated carbocycles. The molecular weight excluding hydrogens is 230 g/mol. The molecule has 100 valence electrons. The lowest BCUT2D eigenvalue weighted by atomic mass is 10.1. The maximum atomic E-state index is 11.6. The first-order valence-electron chi connectivity index (χ1n) is 6.26. The average Bonchev–Trinajstić information content (AvgIpc) is 2.39. The van der Waals surface area contributed by atoms with Crippen LogP contribution in [0.2, 0.25) is 0 Å². The number of esters is 1. The molecule has 2 N–H and O–H groups in total. The van der Waals surface area contributed by atoms with E-state index in [-0.39, 0.29) is 17.8 Å². The number of benzene rings is 1. The van der Waals surface area contributed by atoms with Crippen LogP contribution in [0.25, 0.3) is 0 Å². The second kappa shape index (κ2) is 7.71. The van der Waals surface area contributed by atoms with E-state index in [0.717, 1.165) is 24.9 Å². The van der Waals surface area contributed by atoms with Crippen molar-refractivity contribution in [1.82, 2.24) is 5.32 Å². The van der Waals surface area contributed by atoms with E-state index >= 15 is 0 Å². The van der Waals surface area contributed by atoms with E-state index in [9.17, 15) is 9.90 Å². The Bertz CT molecular complexity index is 362. The van der Waals surface area contributed by atoms with Crippen LogP contribution in [0, 0.1) is 0 Å². The summed E-state index contributed by atoms with van der Waals surface area (Å²) in [6, 6.07) is 6.54. The fourth-order valence-electron chi connectivity index (χ4n) is 1.70. The van der Waals surface area contributed by atoms with Crippen LogP contribution in [0.15, 0.2) is 24.3 Å². The largest absolute Gasteiger partial charge is 0.508 e. The van der Waals surface area contributed by atoms with Gasteiger partial charge in [-0.2, -0.15) is 0 Å². The molecule has 0 amide bonds. The number of ether oxygens (including phenoxy) is 1. The van der Waals surface area contributed by atoms with Crippen LogP contribution in [0.4, 0.5) is 0 Å². The van der Waals surface area contributed by atoms with Gasteiger partial charge < -0.3 is 15.2 Å². The Hall–Kier alpha value is -1.55. The van der Waals surface area contributed by atoms with Crippen LogP contribution < -0.4 is 5.32 Å². The Balaban J connectivity index is 2.59. The second-order valence-electron chi connectivity index (χ2n) is 4.25. The third-order valence-electron chi connectivity index (χ3n) is 2.78. The van der Waals surface area contributed by atoms with E-state index in [1.165, 1.54) is 7.11 Å². The molecule has 0 aliphatic rings. The van der Waals surface area contributed by atoms with Gasteiger partial charge in [-0.05, 0) is 37.1 Å². The van der Waals surface area contributed by atoms with Gasteiger partial charge in [0.25, 0.3) is 0 Å². The van der Waals surface area contributed by atoms with Crippen LogP contribution in [0.1, 0.15) is 25.3 Å². The highest BCUT2D eigenvalue weighted by Crippen LogP contribution is 2.11. The summed E-state index contributed by atoms with van der Waals surface area (Å²) in [5.41, 5.74) is 0.993. The predicted molar refractivity (Wildman–Crippen MR) is 70.5 cm³/mol. The first-order valence-corrected chi connectivity index (χ1v) is 6.26. The van der Waals surface area contributed by atoms with Crippen molar-refractivity contribution in [2.45, 2.75) is 32.2 Å². The van der Waals surface area contributed by atoms with Gasteiger partial charge in [0.1, 0.15) is 11.8 Å². The molecule has 0 unspecified atom stereocenters. The number of phenolic OH excluding ortho intramolecular Hbond substituents is 1. The number of rotatable bonds is 7. The third-order valence-corrected chi connectivity index (χ3v) is 2.78. The van der Waals surface area contributed by atoms with Gasteiger partial charge in [-0.1, -0.05) is 25.5 Å². The van der Waals surface area contributed by atoms with Gasteiger partial charge in [0, 0.05) is 0 Å². The smallest absolute Gasteiger partial charge is 0.323 e. The number of hydrogen-bond acceptors (Lipinski definition) is 4. The van der Waals surface area contributed by atoms with Gasteiger partial charge in [-0.15, -0.1) is 0 Å². The van der Waals surface area contributed by atoms with Crippen molar-refractivity contribution in [1.29, 1.82) is 0 Å². The molecule has 0 fully saturated rings. The highest BCUT2D eigenvalue weighted by molar-refractivity contribution is 5.76. The monoisotopic (exact) mass is 251 g/mol. The molecule has 0 aliphatic carbocycles. The van der Waals surface area contributed by atoms with Crippen LogP contribution in [0.3, 0.4) is 0 Å². The van der Waals surface area contributed by atoms with Crippen LogP contribution in [0.5, 0.6) is 5.75 Å². The van der Waals surface area contributed by atoms with Crippen molar-refractivity contribution in [2.24, 2.45) is 0 Å². The maximum absolute atomic E-state index is 11.6. The second-order valence-corrected chi connectivity index (χ2v) is 4.25. The summed E-state index contributed by atoms with van der Waals surface area (Å²) >= 11 is 0. The minimum absolute atomic E-state index is 0.229. The third kappa shape index (κ3) is 4.75. The van der Waals surface area contributed by atoms with E-state index in [0.29, 0.717) is 6.42 Å². The normalized spacial score (nSPS) is 12.1. The van der Waals surface area contributed by atoms with E-state index in [1.807, 2.05) is 12.1 Å². The number of methoxy groups -OCH3 is 1. The molecule has 0 bridgehead atoms. The molecule has 0 aromatic heterocycles. The van der Waals surface area contributed by atoms with Gasteiger partial charge in [-0.25, -0.2) is 0 Å². The summed E-state index contributed by atoms with van der Waals surface area (Å²) < 4.78 is 4.79. The van der Waals surface area contributed by atoms with E-state index in [1.54, 1.807) is 12.1 Å². The molecular formula is C14H21NO3. The zero-order valence-corrected chi connectivity index (χ0v) is 11.0. The lowest BCUT2D eigenvalue weighted by Crippen LogP contribution is -2.39. The lowest BCUT2D eigenvalue weighted by Gasteiger charge is -2.16. The molecule has 0 aliphatic heterocycles. The topological polar surface area (TPSA) is 58.6 Å². The quantitative estimate of drug-likeness (QED) is 0.573. The molecule has 18 heavy (non-hydrogen) atoms. The van der Waals surface area contributed by atoms with Gasteiger partial charge >= 0.3 is 5.97 Å². The van der Waals surface area contributed by atoms with Gasteiger partial charge in [-0.3, -0.25) is 4.79 Å². The number of hydrogen-bond donors (Lipinski definition) is 2. The van der Waals surface area contributed by atoms with Gasteiger partial charge in [0.05, 0.1) is 7.11 Å². The number of phenols is 1. The van der Waals surface area contributed by atoms with Crippen molar-refractivity contribution in [3.63, 3.8) is 0 Å². The summed E-state index contributed by atoms with van der Waals surface area (Å²) in [5.74, 6) is -0.0218. The molecule has 0 saturated heterocycles. The molecule has 4 nitrogen and oxygen atoms in total. The summed E-state index contributed by atoms with van der Waals surface area (Å²) in [5, 5.41) is 12.4. The van der Waals surface area contributed by atoms with Crippen LogP contribution in [-0.4, -0.2) is 30.8 Å².